The minimum absolute atomic E-state index is 0.264. The predicted molar refractivity (Wildman–Crippen MR) is 52.2 cm³/mol. The fourth-order valence-electron chi connectivity index (χ4n) is 1.40. The average molecular weight is 197 g/mol. The van der Waals surface area contributed by atoms with Crippen LogP contribution in [-0.4, -0.2) is 19.2 Å². The molecular formula is C10H11ClNO. The first-order valence-corrected chi connectivity index (χ1v) is 4.77. The molecule has 1 fully saturated rings. The van der Waals surface area contributed by atoms with E-state index in [1.165, 1.54) is 0 Å². The fraction of sp³-hybridized carbons (Fsp3) is 0.400. The van der Waals surface area contributed by atoms with E-state index in [1.54, 1.807) is 6.07 Å². The van der Waals surface area contributed by atoms with Gasteiger partial charge < -0.3 is 10.1 Å². The van der Waals surface area contributed by atoms with E-state index in [0.717, 1.165) is 25.3 Å². The Kier molecular flexibility index (Phi) is 2.71. The number of ether oxygens (including phenoxy) is 1. The van der Waals surface area contributed by atoms with Gasteiger partial charge in [0.1, 0.15) is 11.9 Å². The molecule has 2 nitrogen and oxygen atoms in total. The van der Waals surface area contributed by atoms with Gasteiger partial charge in [-0.15, -0.1) is 0 Å². The van der Waals surface area contributed by atoms with Crippen molar-refractivity contribution in [2.24, 2.45) is 0 Å². The number of rotatable bonds is 2. The van der Waals surface area contributed by atoms with Crippen LogP contribution < -0.4 is 10.1 Å². The zero-order chi connectivity index (χ0) is 9.10. The molecule has 69 valence electrons. The molecule has 0 spiro atoms. The van der Waals surface area contributed by atoms with Gasteiger partial charge in [0.15, 0.2) is 0 Å². The summed E-state index contributed by atoms with van der Waals surface area (Å²) in [7, 11) is 0. The molecule has 0 aromatic heterocycles. The van der Waals surface area contributed by atoms with Gasteiger partial charge in [0.05, 0.1) is 5.02 Å². The topological polar surface area (TPSA) is 21.3 Å². The first kappa shape index (κ1) is 8.85. The number of nitrogens with one attached hydrogen (secondary N) is 1. The van der Waals surface area contributed by atoms with Crippen LogP contribution in [0.1, 0.15) is 6.42 Å². The fourth-order valence-corrected chi connectivity index (χ4v) is 1.57. The van der Waals surface area contributed by atoms with Crippen LogP contribution in [0, 0.1) is 6.07 Å². The van der Waals surface area contributed by atoms with Crippen LogP contribution in [0.4, 0.5) is 0 Å². The van der Waals surface area contributed by atoms with Crippen LogP contribution in [0.25, 0.3) is 0 Å². The van der Waals surface area contributed by atoms with Crippen molar-refractivity contribution in [1.29, 1.82) is 0 Å². The minimum Gasteiger partial charge on any atom is -0.487 e. The Morgan fingerprint density at radius 2 is 2.54 bits per heavy atom. The molecule has 0 bridgehead atoms. The molecule has 1 radical (unpaired) electrons. The van der Waals surface area contributed by atoms with Gasteiger partial charge in [0.25, 0.3) is 0 Å². The zero-order valence-electron chi connectivity index (χ0n) is 7.22. The molecule has 0 saturated carbocycles. The SMILES string of the molecule is Clc1c[c]ccc1OC1CCNC1. The van der Waals surface area contributed by atoms with Gasteiger partial charge in [-0.2, -0.15) is 0 Å². The predicted octanol–water partition coefficient (Wildman–Crippen LogP) is 1.88. The Morgan fingerprint density at radius 1 is 1.62 bits per heavy atom. The largest absolute Gasteiger partial charge is 0.487 e. The molecule has 1 heterocycles. The number of benzene rings is 1. The summed E-state index contributed by atoms with van der Waals surface area (Å²) in [6.45, 7) is 1.94. The average Bonchev–Trinajstić information content (AvgIpc) is 2.61. The third-order valence-corrected chi connectivity index (χ3v) is 2.38. The molecule has 2 rings (SSSR count). The highest BCUT2D eigenvalue weighted by Crippen LogP contribution is 2.24. The summed E-state index contributed by atoms with van der Waals surface area (Å²) in [5.41, 5.74) is 0. The molecule has 1 aromatic carbocycles. The second-order valence-electron chi connectivity index (χ2n) is 3.09. The van der Waals surface area contributed by atoms with E-state index in [0.29, 0.717) is 5.02 Å². The highest BCUT2D eigenvalue weighted by atomic mass is 35.5. The van der Waals surface area contributed by atoms with Gasteiger partial charge >= 0.3 is 0 Å². The number of hydrogen-bond acceptors (Lipinski definition) is 2. The third kappa shape index (κ3) is 2.14. The van der Waals surface area contributed by atoms with Crippen LogP contribution in [0.5, 0.6) is 5.75 Å². The number of hydrogen-bond donors (Lipinski definition) is 1. The lowest BCUT2D eigenvalue weighted by molar-refractivity contribution is 0.223. The van der Waals surface area contributed by atoms with Gasteiger partial charge in [-0.25, -0.2) is 0 Å². The molecule has 13 heavy (non-hydrogen) atoms. The summed E-state index contributed by atoms with van der Waals surface area (Å²) in [6, 6.07) is 8.28. The Morgan fingerprint density at radius 3 is 3.23 bits per heavy atom. The summed E-state index contributed by atoms with van der Waals surface area (Å²) in [5, 5.41) is 3.87. The van der Waals surface area contributed by atoms with E-state index in [9.17, 15) is 0 Å². The van der Waals surface area contributed by atoms with E-state index in [4.69, 9.17) is 16.3 Å². The summed E-state index contributed by atoms with van der Waals surface area (Å²) in [6.07, 6.45) is 1.31. The van der Waals surface area contributed by atoms with Crippen molar-refractivity contribution in [2.45, 2.75) is 12.5 Å². The molecule has 1 unspecified atom stereocenters. The summed E-state index contributed by atoms with van der Waals surface area (Å²) in [4.78, 5) is 0. The molecule has 3 heteroatoms. The number of halogens is 1. The van der Waals surface area contributed by atoms with Crippen molar-refractivity contribution >= 4 is 11.6 Å². The van der Waals surface area contributed by atoms with Crippen molar-refractivity contribution in [1.82, 2.24) is 5.32 Å². The lowest BCUT2D eigenvalue weighted by Crippen LogP contribution is -2.19. The quantitative estimate of drug-likeness (QED) is 0.780. The van der Waals surface area contributed by atoms with Crippen molar-refractivity contribution in [2.75, 3.05) is 13.1 Å². The van der Waals surface area contributed by atoms with Crippen molar-refractivity contribution in [3.8, 4) is 5.75 Å². The standard InChI is InChI=1S/C10H11ClNO/c11-9-3-1-2-4-10(9)13-8-5-6-12-7-8/h2-4,8,12H,5-7H2. The second kappa shape index (κ2) is 3.99. The molecule has 1 N–H and O–H groups in total. The van der Waals surface area contributed by atoms with Crippen LogP contribution in [0.3, 0.4) is 0 Å². The van der Waals surface area contributed by atoms with Crippen molar-refractivity contribution < 1.29 is 4.74 Å². The molecule has 0 amide bonds. The smallest absolute Gasteiger partial charge is 0.138 e. The molecule has 1 saturated heterocycles. The van der Waals surface area contributed by atoms with Crippen LogP contribution >= 0.6 is 11.6 Å². The zero-order valence-corrected chi connectivity index (χ0v) is 7.97. The third-order valence-electron chi connectivity index (χ3n) is 2.09. The van der Waals surface area contributed by atoms with Gasteiger partial charge in [-0.3, -0.25) is 0 Å². The van der Waals surface area contributed by atoms with Crippen molar-refractivity contribution in [3.05, 3.63) is 29.3 Å². The van der Waals surface area contributed by atoms with E-state index < -0.39 is 0 Å². The van der Waals surface area contributed by atoms with E-state index >= 15 is 0 Å². The van der Waals surface area contributed by atoms with E-state index in [-0.39, 0.29) is 6.10 Å². The normalized spacial score (nSPS) is 21.8. The maximum absolute atomic E-state index is 5.93. The van der Waals surface area contributed by atoms with Crippen LogP contribution in [0.2, 0.25) is 5.02 Å². The first-order chi connectivity index (χ1) is 6.36. The molecule has 1 atom stereocenters. The Balaban J connectivity index is 2.04. The van der Waals surface area contributed by atoms with Gasteiger partial charge in [0.2, 0.25) is 0 Å². The Hall–Kier alpha value is -0.730. The summed E-state index contributed by atoms with van der Waals surface area (Å²) >= 11 is 5.93. The lowest BCUT2D eigenvalue weighted by atomic mass is 10.3. The molecule has 0 aliphatic carbocycles. The first-order valence-electron chi connectivity index (χ1n) is 4.39. The van der Waals surface area contributed by atoms with Gasteiger partial charge in [-0.1, -0.05) is 17.7 Å². The highest BCUT2D eigenvalue weighted by Gasteiger charge is 2.16. The van der Waals surface area contributed by atoms with Gasteiger partial charge in [-0.05, 0) is 31.2 Å². The lowest BCUT2D eigenvalue weighted by Gasteiger charge is -2.12. The van der Waals surface area contributed by atoms with E-state index in [1.807, 2.05) is 12.1 Å². The summed E-state index contributed by atoms with van der Waals surface area (Å²) in [5.74, 6) is 0.758. The maximum atomic E-state index is 5.93. The molecule has 1 aliphatic heterocycles. The molecule has 1 aromatic rings. The Bertz CT molecular complexity index is 284. The second-order valence-corrected chi connectivity index (χ2v) is 3.50. The molecular weight excluding hydrogens is 186 g/mol. The maximum Gasteiger partial charge on any atom is 0.138 e. The highest BCUT2D eigenvalue weighted by molar-refractivity contribution is 6.32. The van der Waals surface area contributed by atoms with Crippen LogP contribution in [-0.2, 0) is 0 Å². The van der Waals surface area contributed by atoms with Crippen LogP contribution in [0.15, 0.2) is 18.2 Å². The van der Waals surface area contributed by atoms with E-state index in [2.05, 4.69) is 11.4 Å². The molecule has 1 aliphatic rings. The Labute approximate surface area is 82.9 Å². The summed E-state index contributed by atoms with van der Waals surface area (Å²) < 4.78 is 5.69. The minimum atomic E-state index is 0.264. The van der Waals surface area contributed by atoms with Gasteiger partial charge in [0, 0.05) is 6.54 Å². The monoisotopic (exact) mass is 196 g/mol. The van der Waals surface area contributed by atoms with Crippen molar-refractivity contribution in [3.63, 3.8) is 0 Å².